The molecule has 3 heterocycles. The molecule has 0 saturated heterocycles. The van der Waals surface area contributed by atoms with Crippen molar-refractivity contribution < 1.29 is 0 Å². The predicted octanol–water partition coefficient (Wildman–Crippen LogP) is 4.61. The van der Waals surface area contributed by atoms with E-state index in [1.165, 1.54) is 5.56 Å². The fourth-order valence-electron chi connectivity index (χ4n) is 4.53. The summed E-state index contributed by atoms with van der Waals surface area (Å²) in [6.07, 6.45) is 9.61. The molecule has 0 amide bonds. The minimum absolute atomic E-state index is 0.0164. The molecule has 1 aliphatic carbocycles. The van der Waals surface area contributed by atoms with Gasteiger partial charge >= 0.3 is 0 Å². The van der Waals surface area contributed by atoms with E-state index in [-0.39, 0.29) is 5.54 Å². The van der Waals surface area contributed by atoms with Gasteiger partial charge in [-0.25, -0.2) is 9.97 Å². The van der Waals surface area contributed by atoms with Crippen molar-refractivity contribution in [1.82, 2.24) is 24.6 Å². The van der Waals surface area contributed by atoms with E-state index in [0.29, 0.717) is 5.92 Å². The summed E-state index contributed by atoms with van der Waals surface area (Å²) in [7, 11) is 0. The number of aromatic nitrogens is 5. The number of nitrogens with two attached hydrogens (primary N) is 1. The van der Waals surface area contributed by atoms with Crippen LogP contribution in [0.2, 0.25) is 0 Å². The highest BCUT2D eigenvalue weighted by Gasteiger charge is 2.37. The summed E-state index contributed by atoms with van der Waals surface area (Å²) in [4.78, 5) is 9.37. The Morgan fingerprint density at radius 3 is 2.81 bits per heavy atom. The van der Waals surface area contributed by atoms with Gasteiger partial charge in [0.1, 0.15) is 0 Å². The largest absolute Gasteiger partial charge is 0.337 e. The lowest BCUT2D eigenvalue weighted by Gasteiger charge is -2.42. The van der Waals surface area contributed by atoms with Crippen LogP contribution in [0.5, 0.6) is 0 Å². The molecule has 1 saturated carbocycles. The van der Waals surface area contributed by atoms with Gasteiger partial charge in [0, 0.05) is 40.8 Å². The van der Waals surface area contributed by atoms with E-state index in [0.717, 1.165) is 52.2 Å². The van der Waals surface area contributed by atoms with E-state index in [2.05, 4.69) is 63.8 Å². The number of hydrogen-bond acceptors (Lipinski definition) is 5. The van der Waals surface area contributed by atoms with Crippen LogP contribution in [0.4, 0.5) is 11.5 Å². The van der Waals surface area contributed by atoms with E-state index in [9.17, 15) is 0 Å². The Labute approximate surface area is 179 Å². The third-order valence-corrected chi connectivity index (χ3v) is 6.18. The van der Waals surface area contributed by atoms with Crippen LogP contribution in [0.3, 0.4) is 0 Å². The maximum atomic E-state index is 6.18. The zero-order valence-electron chi connectivity index (χ0n) is 17.2. The average Bonchev–Trinajstić information content (AvgIpc) is 3.41. The van der Waals surface area contributed by atoms with Gasteiger partial charge in [-0.15, -0.1) is 0 Å². The van der Waals surface area contributed by atoms with E-state index < -0.39 is 0 Å². The third kappa shape index (κ3) is 3.23. The van der Waals surface area contributed by atoms with Crippen molar-refractivity contribution >= 4 is 28.1 Å². The Bertz CT molecular complexity index is 1390. The summed E-state index contributed by atoms with van der Waals surface area (Å²) in [5, 5.41) is 11.7. The topological polar surface area (TPSA) is 96.9 Å². The van der Waals surface area contributed by atoms with E-state index in [4.69, 9.17) is 10.7 Å². The number of aromatic amines is 1. The summed E-state index contributed by atoms with van der Waals surface area (Å²) in [5.41, 5.74) is 12.1. The van der Waals surface area contributed by atoms with E-state index >= 15 is 0 Å². The van der Waals surface area contributed by atoms with Crippen molar-refractivity contribution in [3.63, 3.8) is 0 Å². The van der Waals surface area contributed by atoms with Gasteiger partial charge < -0.3 is 15.5 Å². The molecule has 154 valence electrons. The minimum Gasteiger partial charge on any atom is -0.337 e. The van der Waals surface area contributed by atoms with Crippen molar-refractivity contribution in [3.8, 4) is 11.3 Å². The second-order valence-corrected chi connectivity index (χ2v) is 8.81. The van der Waals surface area contributed by atoms with Gasteiger partial charge in [-0.3, -0.25) is 5.10 Å². The number of rotatable bonds is 4. The zero-order valence-corrected chi connectivity index (χ0v) is 17.2. The maximum Gasteiger partial charge on any atom is 0.180 e. The Hall–Kier alpha value is -3.71. The molecule has 1 aliphatic rings. The lowest BCUT2D eigenvalue weighted by atomic mass is 9.67. The van der Waals surface area contributed by atoms with Crippen LogP contribution < -0.4 is 11.1 Å². The first-order chi connectivity index (χ1) is 15.0. The fraction of sp³-hybridized carbons (Fsp3) is 0.208. The number of nitrogens with zero attached hydrogens (tertiary/aromatic N) is 4. The van der Waals surface area contributed by atoms with Crippen LogP contribution >= 0.6 is 0 Å². The van der Waals surface area contributed by atoms with Crippen LogP contribution in [0, 0.1) is 0 Å². The van der Waals surface area contributed by atoms with Crippen LogP contribution in [0.15, 0.2) is 67.3 Å². The number of hydrogen-bond donors (Lipinski definition) is 3. The Morgan fingerprint density at radius 2 is 2.00 bits per heavy atom. The minimum atomic E-state index is -0.0164. The quantitative estimate of drug-likeness (QED) is 0.403. The van der Waals surface area contributed by atoms with Crippen molar-refractivity contribution in [2.24, 2.45) is 5.73 Å². The summed E-state index contributed by atoms with van der Waals surface area (Å²) in [6.45, 7) is 2.12. The fourth-order valence-corrected chi connectivity index (χ4v) is 4.53. The summed E-state index contributed by atoms with van der Waals surface area (Å²) < 4.78 is 1.99. The molecule has 31 heavy (non-hydrogen) atoms. The lowest BCUT2D eigenvalue weighted by Crippen LogP contribution is -2.47. The first-order valence-corrected chi connectivity index (χ1v) is 10.5. The molecule has 7 nitrogen and oxygen atoms in total. The highest BCUT2D eigenvalue weighted by atomic mass is 15.1. The summed E-state index contributed by atoms with van der Waals surface area (Å²) in [5.74, 6) is 1.28. The monoisotopic (exact) mass is 409 g/mol. The SMILES string of the molecule is CC1(N)CC(c2ccc(Nc3nc(-c4ccc5cn[nH]c5c4)cn4ccnc34)cc2)C1. The molecule has 0 radical (unpaired) electrons. The normalized spacial score (nSPS) is 20.8. The smallest absolute Gasteiger partial charge is 0.180 e. The highest BCUT2D eigenvalue weighted by molar-refractivity contribution is 5.84. The molecule has 0 spiro atoms. The molecule has 2 aromatic carbocycles. The third-order valence-electron chi connectivity index (χ3n) is 6.18. The van der Waals surface area contributed by atoms with Gasteiger partial charge in [0.2, 0.25) is 0 Å². The van der Waals surface area contributed by atoms with Gasteiger partial charge in [0.25, 0.3) is 0 Å². The van der Waals surface area contributed by atoms with Crippen molar-refractivity contribution in [1.29, 1.82) is 0 Å². The molecule has 1 fully saturated rings. The van der Waals surface area contributed by atoms with Gasteiger partial charge in [0.15, 0.2) is 11.5 Å². The van der Waals surface area contributed by atoms with Crippen LogP contribution in [-0.4, -0.2) is 30.1 Å². The number of H-pyrrole nitrogens is 1. The Kier molecular flexibility index (Phi) is 3.88. The molecule has 0 aliphatic heterocycles. The lowest BCUT2D eigenvalue weighted by molar-refractivity contribution is 0.230. The number of imidazole rings is 1. The molecule has 0 atom stereocenters. The average molecular weight is 409 g/mol. The number of benzene rings is 2. The summed E-state index contributed by atoms with van der Waals surface area (Å²) in [6, 6.07) is 14.7. The van der Waals surface area contributed by atoms with E-state index in [1.807, 2.05) is 29.1 Å². The van der Waals surface area contributed by atoms with Crippen molar-refractivity contribution in [3.05, 3.63) is 72.8 Å². The first-order valence-electron chi connectivity index (χ1n) is 10.5. The molecule has 0 bridgehead atoms. The van der Waals surface area contributed by atoms with Gasteiger partial charge in [-0.2, -0.15) is 5.10 Å². The molecule has 0 unspecified atom stereocenters. The maximum absolute atomic E-state index is 6.18. The zero-order chi connectivity index (χ0) is 21.0. The number of fused-ring (bicyclic) bond motifs is 2. The van der Waals surface area contributed by atoms with Gasteiger partial charge in [-0.05, 0) is 49.4 Å². The van der Waals surface area contributed by atoms with Crippen LogP contribution in [0.25, 0.3) is 27.8 Å². The van der Waals surface area contributed by atoms with Crippen LogP contribution in [-0.2, 0) is 0 Å². The molecule has 3 aromatic heterocycles. The Morgan fingerprint density at radius 1 is 1.16 bits per heavy atom. The van der Waals surface area contributed by atoms with Gasteiger partial charge in [-0.1, -0.05) is 24.3 Å². The molecule has 4 N–H and O–H groups in total. The standard InChI is InChI=1S/C24H23N7/c1-24(25)11-18(12-24)15-4-6-19(7-5-15)28-22-23-26-8-9-31(23)14-21(29-22)16-2-3-17-13-27-30-20(17)10-16/h2-10,13-14,18H,11-12,25H2,1H3,(H,27,30)(H,28,29). The van der Waals surface area contributed by atoms with Crippen LogP contribution in [0.1, 0.15) is 31.2 Å². The second-order valence-electron chi connectivity index (χ2n) is 8.81. The molecule has 6 rings (SSSR count). The predicted molar refractivity (Wildman–Crippen MR) is 122 cm³/mol. The second kappa shape index (κ2) is 6.65. The van der Waals surface area contributed by atoms with Crippen molar-refractivity contribution in [2.75, 3.05) is 5.32 Å². The molecule has 7 heteroatoms. The van der Waals surface area contributed by atoms with Crippen molar-refractivity contribution in [2.45, 2.75) is 31.2 Å². The number of nitrogens with one attached hydrogen (secondary N) is 2. The van der Waals surface area contributed by atoms with Gasteiger partial charge in [0.05, 0.1) is 17.4 Å². The molecule has 5 aromatic rings. The molecular formula is C24H23N7. The number of anilines is 2. The molecular weight excluding hydrogens is 386 g/mol. The first kappa shape index (κ1) is 18.1. The Balaban J connectivity index is 1.33. The van der Waals surface area contributed by atoms with E-state index in [1.54, 1.807) is 6.20 Å². The highest BCUT2D eigenvalue weighted by Crippen LogP contribution is 2.43. The summed E-state index contributed by atoms with van der Waals surface area (Å²) >= 11 is 0.